The van der Waals surface area contributed by atoms with E-state index in [2.05, 4.69) is 12.2 Å². The third-order valence-electron chi connectivity index (χ3n) is 4.04. The monoisotopic (exact) mass is 265 g/mol. The molecule has 0 radical (unpaired) electrons. The molecule has 0 spiro atoms. The van der Waals surface area contributed by atoms with Gasteiger partial charge in [0.15, 0.2) is 0 Å². The fourth-order valence-electron chi connectivity index (χ4n) is 3.12. The van der Waals surface area contributed by atoms with Crippen LogP contribution in [-0.4, -0.2) is 19.2 Å². The van der Waals surface area contributed by atoms with E-state index in [-0.39, 0.29) is 11.4 Å². The quantitative estimate of drug-likeness (QED) is 0.879. The molecule has 1 fully saturated rings. The molecule has 0 amide bonds. The number of rotatable bonds is 5. The van der Waals surface area contributed by atoms with Gasteiger partial charge in [-0.2, -0.15) is 0 Å². The number of nitrogens with one attached hydrogen (secondary N) is 1. The van der Waals surface area contributed by atoms with Gasteiger partial charge < -0.3 is 10.1 Å². The van der Waals surface area contributed by atoms with Crippen LogP contribution in [0.1, 0.15) is 38.2 Å². The summed E-state index contributed by atoms with van der Waals surface area (Å²) in [5.74, 6) is 0.508. The van der Waals surface area contributed by atoms with E-state index in [0.717, 1.165) is 19.4 Å². The van der Waals surface area contributed by atoms with E-state index in [1.165, 1.54) is 18.9 Å². The van der Waals surface area contributed by atoms with E-state index in [4.69, 9.17) is 4.74 Å². The van der Waals surface area contributed by atoms with Crippen molar-refractivity contribution >= 4 is 0 Å². The van der Waals surface area contributed by atoms with E-state index in [1.807, 2.05) is 13.1 Å². The molecular formula is C16H24FNO. The Hall–Kier alpha value is -0.930. The lowest BCUT2D eigenvalue weighted by Crippen LogP contribution is -2.45. The molecule has 0 aliphatic heterocycles. The summed E-state index contributed by atoms with van der Waals surface area (Å²) in [5, 5.41) is 3.23. The van der Waals surface area contributed by atoms with Gasteiger partial charge in [0, 0.05) is 12.1 Å². The van der Waals surface area contributed by atoms with Gasteiger partial charge in [-0.3, -0.25) is 0 Å². The summed E-state index contributed by atoms with van der Waals surface area (Å²) in [6, 6.07) is 6.86. The molecule has 0 aromatic heterocycles. The lowest BCUT2D eigenvalue weighted by molar-refractivity contribution is -0.0887. The molecule has 0 bridgehead atoms. The SMILES string of the molecule is CNCC1(OCc2ccccc2F)CCCC(C)C1. The summed E-state index contributed by atoms with van der Waals surface area (Å²) in [6.45, 7) is 3.48. The van der Waals surface area contributed by atoms with Crippen molar-refractivity contribution in [3.05, 3.63) is 35.6 Å². The van der Waals surface area contributed by atoms with Crippen LogP contribution in [0.15, 0.2) is 24.3 Å². The van der Waals surface area contributed by atoms with Crippen LogP contribution in [0.4, 0.5) is 4.39 Å². The molecule has 0 saturated heterocycles. The fourth-order valence-corrected chi connectivity index (χ4v) is 3.12. The molecule has 1 aromatic rings. The maximum absolute atomic E-state index is 13.6. The summed E-state index contributed by atoms with van der Waals surface area (Å²) in [7, 11) is 1.95. The van der Waals surface area contributed by atoms with Crippen LogP contribution in [0.2, 0.25) is 0 Å². The van der Waals surface area contributed by atoms with Crippen LogP contribution in [0.5, 0.6) is 0 Å². The van der Waals surface area contributed by atoms with Gasteiger partial charge in [0.2, 0.25) is 0 Å². The zero-order chi connectivity index (χ0) is 13.7. The van der Waals surface area contributed by atoms with Crippen molar-refractivity contribution in [3.63, 3.8) is 0 Å². The minimum absolute atomic E-state index is 0.130. The molecule has 1 N–H and O–H groups in total. The van der Waals surface area contributed by atoms with Crippen molar-refractivity contribution in [1.29, 1.82) is 0 Å². The van der Waals surface area contributed by atoms with Gasteiger partial charge in [0.25, 0.3) is 0 Å². The number of ether oxygens (including phenoxy) is 1. The Morgan fingerprint density at radius 3 is 2.89 bits per heavy atom. The third kappa shape index (κ3) is 3.77. The summed E-state index contributed by atoms with van der Waals surface area (Å²) in [6.07, 6.45) is 4.59. The highest BCUT2D eigenvalue weighted by atomic mass is 19.1. The van der Waals surface area contributed by atoms with E-state index >= 15 is 0 Å². The summed E-state index contributed by atoms with van der Waals surface area (Å²) >= 11 is 0. The maximum atomic E-state index is 13.6. The van der Waals surface area contributed by atoms with Gasteiger partial charge >= 0.3 is 0 Å². The molecule has 2 unspecified atom stereocenters. The molecule has 1 aliphatic carbocycles. The molecule has 106 valence electrons. The Labute approximate surface area is 115 Å². The van der Waals surface area contributed by atoms with Crippen LogP contribution in [-0.2, 0) is 11.3 Å². The summed E-state index contributed by atoms with van der Waals surface area (Å²) in [5.41, 5.74) is 0.519. The molecule has 2 atom stereocenters. The van der Waals surface area contributed by atoms with E-state index in [9.17, 15) is 4.39 Å². The molecule has 1 aliphatic rings. The van der Waals surface area contributed by atoms with Gasteiger partial charge in [-0.15, -0.1) is 0 Å². The van der Waals surface area contributed by atoms with Crippen LogP contribution in [0, 0.1) is 11.7 Å². The third-order valence-corrected chi connectivity index (χ3v) is 4.04. The molecule has 2 rings (SSSR count). The average molecular weight is 265 g/mol. The first-order valence-corrected chi connectivity index (χ1v) is 7.17. The van der Waals surface area contributed by atoms with Gasteiger partial charge in [-0.1, -0.05) is 38.0 Å². The Bertz CT molecular complexity index is 405. The number of halogens is 1. The summed E-state index contributed by atoms with van der Waals surface area (Å²) in [4.78, 5) is 0. The first-order chi connectivity index (χ1) is 9.15. The predicted molar refractivity (Wildman–Crippen MR) is 75.5 cm³/mol. The minimum atomic E-state index is -0.175. The van der Waals surface area contributed by atoms with Crippen LogP contribution in [0.25, 0.3) is 0 Å². The van der Waals surface area contributed by atoms with Crippen molar-refractivity contribution in [2.75, 3.05) is 13.6 Å². The molecule has 2 nitrogen and oxygen atoms in total. The Morgan fingerprint density at radius 1 is 1.42 bits per heavy atom. The largest absolute Gasteiger partial charge is 0.369 e. The van der Waals surface area contributed by atoms with Crippen molar-refractivity contribution in [3.8, 4) is 0 Å². The highest BCUT2D eigenvalue weighted by molar-refractivity contribution is 5.16. The first-order valence-electron chi connectivity index (χ1n) is 7.17. The van der Waals surface area contributed by atoms with Gasteiger partial charge in [0.05, 0.1) is 12.2 Å². The molecule has 0 heterocycles. The Morgan fingerprint density at radius 2 is 2.21 bits per heavy atom. The molecule has 3 heteroatoms. The number of benzene rings is 1. The number of hydrogen-bond acceptors (Lipinski definition) is 2. The van der Waals surface area contributed by atoms with Crippen molar-refractivity contribution in [1.82, 2.24) is 5.32 Å². The van der Waals surface area contributed by atoms with Crippen LogP contribution in [0.3, 0.4) is 0 Å². The average Bonchev–Trinajstić information content (AvgIpc) is 2.38. The molecular weight excluding hydrogens is 241 g/mol. The molecule has 1 aromatic carbocycles. The second kappa shape index (κ2) is 6.49. The second-order valence-electron chi connectivity index (χ2n) is 5.79. The summed E-state index contributed by atoms with van der Waals surface area (Å²) < 4.78 is 19.8. The Balaban J connectivity index is 2.03. The molecule has 19 heavy (non-hydrogen) atoms. The number of hydrogen-bond donors (Lipinski definition) is 1. The smallest absolute Gasteiger partial charge is 0.128 e. The van der Waals surface area contributed by atoms with Crippen LogP contribution >= 0.6 is 0 Å². The zero-order valence-corrected chi connectivity index (χ0v) is 11.9. The normalized spacial score (nSPS) is 27.4. The maximum Gasteiger partial charge on any atom is 0.128 e. The van der Waals surface area contributed by atoms with E-state index in [1.54, 1.807) is 12.1 Å². The first kappa shape index (κ1) is 14.5. The van der Waals surface area contributed by atoms with Crippen molar-refractivity contribution < 1.29 is 9.13 Å². The lowest BCUT2D eigenvalue weighted by Gasteiger charge is -2.40. The highest BCUT2D eigenvalue weighted by Gasteiger charge is 2.35. The van der Waals surface area contributed by atoms with Gasteiger partial charge in [0.1, 0.15) is 5.82 Å². The van der Waals surface area contributed by atoms with Crippen LogP contribution < -0.4 is 5.32 Å². The van der Waals surface area contributed by atoms with Crippen molar-refractivity contribution in [2.24, 2.45) is 5.92 Å². The molecule has 1 saturated carbocycles. The highest BCUT2D eigenvalue weighted by Crippen LogP contribution is 2.35. The zero-order valence-electron chi connectivity index (χ0n) is 11.9. The van der Waals surface area contributed by atoms with Gasteiger partial charge in [-0.25, -0.2) is 4.39 Å². The second-order valence-corrected chi connectivity index (χ2v) is 5.79. The predicted octanol–water partition coefficient (Wildman–Crippen LogP) is 3.51. The minimum Gasteiger partial charge on any atom is -0.369 e. The van der Waals surface area contributed by atoms with E-state index in [0.29, 0.717) is 18.1 Å². The number of likely N-dealkylation sites (N-methyl/N-ethyl adjacent to an activating group) is 1. The standard InChI is InChI=1S/C16H24FNO/c1-13-6-5-9-16(10-13,12-18-2)19-11-14-7-3-4-8-15(14)17/h3-4,7-8,13,18H,5-6,9-12H2,1-2H3. The van der Waals surface area contributed by atoms with Crippen molar-refractivity contribution in [2.45, 2.75) is 44.8 Å². The topological polar surface area (TPSA) is 21.3 Å². The lowest BCUT2D eigenvalue weighted by atomic mass is 9.78. The fraction of sp³-hybridized carbons (Fsp3) is 0.625. The Kier molecular flexibility index (Phi) is 4.94. The van der Waals surface area contributed by atoms with Gasteiger partial charge in [-0.05, 0) is 31.9 Å². The van der Waals surface area contributed by atoms with E-state index < -0.39 is 0 Å².